The van der Waals surface area contributed by atoms with Gasteiger partial charge in [0.05, 0.1) is 26.4 Å². The normalized spacial score (nSPS) is 14.4. The minimum absolute atomic E-state index is 0.103. The lowest BCUT2D eigenvalue weighted by Crippen LogP contribution is -2.30. The Morgan fingerprint density at radius 3 is 0.844 bits per heavy atom. The lowest BCUT2D eigenvalue weighted by atomic mass is 10.00. The van der Waals surface area contributed by atoms with Crippen LogP contribution in [0.4, 0.5) is 0 Å². The van der Waals surface area contributed by atoms with E-state index in [1.165, 1.54) is 180 Å². The number of ether oxygens (including phenoxy) is 4. The summed E-state index contributed by atoms with van der Waals surface area (Å²) in [7, 11) is -9.90. The standard InChI is InChI=1S/C71H138O17P2/c1-7-10-12-14-16-18-19-20-21-22-23-24-25-26-32-36-43-49-55-70(75)87-66(59-82-69(74)54-48-42-35-31-28-27-30-33-39-45-51-63(4)5)61-85-89(77,78)83-57-65(72)58-84-90(79,80)86-62-67(60-81-68(73)53-47-41-34-29-17-15-13-11-8-2)88-71(76)56-50-44-38-37-40-46-52-64(6)9-3/h63-67,72H,7-62H2,1-6H3,(H,77,78)(H,79,80)/t64?,65-,66-,67-/m1/s1. The van der Waals surface area contributed by atoms with Gasteiger partial charge < -0.3 is 33.8 Å². The molecule has 534 valence electrons. The number of hydrogen-bond acceptors (Lipinski definition) is 15. The van der Waals surface area contributed by atoms with Gasteiger partial charge in [-0.25, -0.2) is 9.13 Å². The Labute approximate surface area is 549 Å². The number of unbranched alkanes of at least 4 members (excludes halogenated alkanes) is 39. The van der Waals surface area contributed by atoms with E-state index < -0.39 is 97.5 Å². The molecule has 0 fully saturated rings. The highest BCUT2D eigenvalue weighted by molar-refractivity contribution is 7.47. The maximum Gasteiger partial charge on any atom is 0.472 e. The molecule has 0 aliphatic carbocycles. The molecular weight excluding hydrogens is 1190 g/mol. The predicted molar refractivity (Wildman–Crippen MR) is 363 cm³/mol. The minimum Gasteiger partial charge on any atom is -0.462 e. The summed E-state index contributed by atoms with van der Waals surface area (Å²) >= 11 is 0. The van der Waals surface area contributed by atoms with Crippen molar-refractivity contribution in [3.8, 4) is 0 Å². The summed E-state index contributed by atoms with van der Waals surface area (Å²) in [5.74, 6) is -0.648. The molecule has 0 radical (unpaired) electrons. The molecule has 0 rings (SSSR count). The van der Waals surface area contributed by atoms with Gasteiger partial charge in [-0.1, -0.05) is 311 Å². The van der Waals surface area contributed by atoms with E-state index in [9.17, 15) is 43.2 Å². The second-order valence-corrected chi connectivity index (χ2v) is 29.3. The van der Waals surface area contributed by atoms with Crippen molar-refractivity contribution in [2.75, 3.05) is 39.6 Å². The molecule has 0 aliphatic heterocycles. The van der Waals surface area contributed by atoms with Crippen molar-refractivity contribution >= 4 is 39.5 Å². The van der Waals surface area contributed by atoms with E-state index in [2.05, 4.69) is 41.5 Å². The Hall–Kier alpha value is -1.94. The molecule has 0 bridgehead atoms. The molecule has 0 aromatic carbocycles. The molecule has 0 amide bonds. The molecule has 0 saturated heterocycles. The monoisotopic (exact) mass is 1320 g/mol. The van der Waals surface area contributed by atoms with Crippen molar-refractivity contribution in [3.63, 3.8) is 0 Å². The van der Waals surface area contributed by atoms with Gasteiger partial charge in [0.15, 0.2) is 12.2 Å². The van der Waals surface area contributed by atoms with Crippen LogP contribution in [-0.2, 0) is 65.4 Å². The van der Waals surface area contributed by atoms with Gasteiger partial charge in [-0.05, 0) is 37.5 Å². The molecule has 0 aromatic heterocycles. The number of esters is 4. The molecular formula is C71H138O17P2. The second-order valence-electron chi connectivity index (χ2n) is 26.3. The third-order valence-electron chi connectivity index (χ3n) is 16.8. The summed E-state index contributed by atoms with van der Waals surface area (Å²) in [4.78, 5) is 72.5. The zero-order valence-corrected chi connectivity index (χ0v) is 60.2. The van der Waals surface area contributed by atoms with E-state index in [-0.39, 0.29) is 25.7 Å². The SMILES string of the molecule is CCCCCCCCCCCCCCCCCCCCC(=O)O[C@H](COC(=O)CCCCCCCCCCCCC(C)C)COP(=O)(O)OC[C@@H](O)COP(=O)(O)OC[C@@H](COC(=O)CCCCCCCCCCC)OC(=O)CCCCCCCCC(C)CC. The van der Waals surface area contributed by atoms with E-state index in [0.717, 1.165) is 102 Å². The Kier molecular flexibility index (Phi) is 61.8. The summed E-state index contributed by atoms with van der Waals surface area (Å²) < 4.78 is 68.3. The predicted octanol–water partition coefficient (Wildman–Crippen LogP) is 20.4. The zero-order chi connectivity index (χ0) is 66.5. The van der Waals surface area contributed by atoms with E-state index in [4.69, 9.17) is 37.0 Å². The fourth-order valence-electron chi connectivity index (χ4n) is 10.7. The van der Waals surface area contributed by atoms with Crippen LogP contribution in [-0.4, -0.2) is 96.7 Å². The molecule has 3 unspecified atom stereocenters. The third kappa shape index (κ3) is 63.5. The highest BCUT2D eigenvalue weighted by atomic mass is 31.2. The van der Waals surface area contributed by atoms with Crippen LogP contribution in [0.15, 0.2) is 0 Å². The first-order chi connectivity index (χ1) is 43.4. The highest BCUT2D eigenvalue weighted by Gasteiger charge is 2.30. The Morgan fingerprint density at radius 2 is 0.567 bits per heavy atom. The number of phosphoric acid groups is 2. The van der Waals surface area contributed by atoms with Crippen LogP contribution in [0.3, 0.4) is 0 Å². The third-order valence-corrected chi connectivity index (χ3v) is 18.7. The summed E-state index contributed by atoms with van der Waals surface area (Å²) in [6, 6.07) is 0. The smallest absolute Gasteiger partial charge is 0.462 e. The van der Waals surface area contributed by atoms with Crippen molar-refractivity contribution < 1.29 is 80.2 Å². The van der Waals surface area contributed by atoms with Crippen LogP contribution >= 0.6 is 15.6 Å². The number of aliphatic hydroxyl groups excluding tert-OH is 1. The molecule has 0 spiro atoms. The number of carbonyl (C=O) groups is 4. The Morgan fingerprint density at radius 1 is 0.322 bits per heavy atom. The molecule has 0 aromatic rings. The van der Waals surface area contributed by atoms with Gasteiger partial charge >= 0.3 is 39.5 Å². The van der Waals surface area contributed by atoms with Gasteiger partial charge in [0, 0.05) is 25.7 Å². The molecule has 19 heteroatoms. The quantitative estimate of drug-likeness (QED) is 0.0222. The average molecular weight is 1330 g/mol. The number of hydrogen-bond donors (Lipinski definition) is 3. The van der Waals surface area contributed by atoms with Crippen LogP contribution < -0.4 is 0 Å². The number of carbonyl (C=O) groups excluding carboxylic acids is 4. The van der Waals surface area contributed by atoms with E-state index in [1.54, 1.807) is 0 Å². The lowest BCUT2D eigenvalue weighted by molar-refractivity contribution is -0.161. The highest BCUT2D eigenvalue weighted by Crippen LogP contribution is 2.45. The average Bonchev–Trinajstić information content (AvgIpc) is 3.73. The van der Waals surface area contributed by atoms with E-state index >= 15 is 0 Å². The number of aliphatic hydroxyl groups is 1. The number of rotatable bonds is 70. The molecule has 90 heavy (non-hydrogen) atoms. The lowest BCUT2D eigenvalue weighted by Gasteiger charge is -2.21. The summed E-state index contributed by atoms with van der Waals surface area (Å²) in [6.07, 6.45) is 48.7. The van der Waals surface area contributed by atoms with E-state index in [1.807, 2.05) is 0 Å². The second kappa shape index (κ2) is 63.1. The molecule has 6 atom stereocenters. The van der Waals surface area contributed by atoms with Gasteiger partial charge in [-0.15, -0.1) is 0 Å². The molecule has 0 aliphatic rings. The largest absolute Gasteiger partial charge is 0.472 e. The van der Waals surface area contributed by atoms with Crippen LogP contribution in [0, 0.1) is 11.8 Å². The van der Waals surface area contributed by atoms with Crippen molar-refractivity contribution in [2.45, 2.75) is 381 Å². The van der Waals surface area contributed by atoms with Crippen molar-refractivity contribution in [2.24, 2.45) is 11.8 Å². The first-order valence-corrected chi connectivity index (χ1v) is 40.0. The van der Waals surface area contributed by atoms with Gasteiger partial charge in [0.25, 0.3) is 0 Å². The van der Waals surface area contributed by atoms with Crippen LogP contribution in [0.1, 0.15) is 363 Å². The minimum atomic E-state index is -4.95. The molecule has 0 heterocycles. The van der Waals surface area contributed by atoms with Crippen molar-refractivity contribution in [3.05, 3.63) is 0 Å². The number of phosphoric ester groups is 2. The van der Waals surface area contributed by atoms with Crippen molar-refractivity contribution in [1.82, 2.24) is 0 Å². The maximum absolute atomic E-state index is 13.0. The van der Waals surface area contributed by atoms with Gasteiger partial charge in [-0.3, -0.25) is 37.3 Å². The van der Waals surface area contributed by atoms with Gasteiger partial charge in [0.2, 0.25) is 0 Å². The maximum atomic E-state index is 13.0. The van der Waals surface area contributed by atoms with Gasteiger partial charge in [0.1, 0.15) is 19.3 Å². The fraction of sp³-hybridized carbons (Fsp3) is 0.944. The Balaban J connectivity index is 5.22. The van der Waals surface area contributed by atoms with Gasteiger partial charge in [-0.2, -0.15) is 0 Å². The Bertz CT molecular complexity index is 1750. The van der Waals surface area contributed by atoms with Crippen LogP contribution in [0.2, 0.25) is 0 Å². The summed E-state index contributed by atoms with van der Waals surface area (Å²) in [5.41, 5.74) is 0. The zero-order valence-electron chi connectivity index (χ0n) is 58.4. The van der Waals surface area contributed by atoms with Crippen LogP contribution in [0.25, 0.3) is 0 Å². The first kappa shape index (κ1) is 88.1. The summed E-state index contributed by atoms with van der Waals surface area (Å²) in [5, 5.41) is 10.6. The first-order valence-electron chi connectivity index (χ1n) is 37.0. The summed E-state index contributed by atoms with van der Waals surface area (Å²) in [6.45, 7) is 9.49. The van der Waals surface area contributed by atoms with E-state index in [0.29, 0.717) is 25.7 Å². The fourth-order valence-corrected chi connectivity index (χ4v) is 12.3. The topological polar surface area (TPSA) is 237 Å². The molecule has 0 saturated carbocycles. The molecule has 17 nitrogen and oxygen atoms in total. The van der Waals surface area contributed by atoms with Crippen LogP contribution in [0.5, 0.6) is 0 Å². The van der Waals surface area contributed by atoms with Crippen molar-refractivity contribution in [1.29, 1.82) is 0 Å². The molecule has 3 N–H and O–H groups in total.